The summed E-state index contributed by atoms with van der Waals surface area (Å²) < 4.78 is 0. The van der Waals surface area contributed by atoms with Gasteiger partial charge in [-0.05, 0) is 50.1 Å². The third-order valence-corrected chi connectivity index (χ3v) is 5.07. The van der Waals surface area contributed by atoms with Crippen LogP contribution in [0.4, 0.5) is 5.82 Å². The minimum absolute atomic E-state index is 0.262. The first-order valence-corrected chi connectivity index (χ1v) is 9.27. The quantitative estimate of drug-likeness (QED) is 0.665. The van der Waals surface area contributed by atoms with E-state index in [9.17, 15) is 5.11 Å². The van der Waals surface area contributed by atoms with Crippen molar-refractivity contribution in [1.82, 2.24) is 20.3 Å². The highest BCUT2D eigenvalue weighted by molar-refractivity contribution is 5.87. The Balaban J connectivity index is 0.000000192. The van der Waals surface area contributed by atoms with E-state index in [1.165, 1.54) is 12.8 Å². The molecule has 2 atom stereocenters. The fraction of sp³-hybridized carbons (Fsp3) is 0.667. The number of aliphatic hydroxyl groups excluding tert-OH is 2. The van der Waals surface area contributed by atoms with Crippen LogP contribution < -0.4 is 10.2 Å². The summed E-state index contributed by atoms with van der Waals surface area (Å²) in [5.41, 5.74) is 0.876. The lowest BCUT2D eigenvalue weighted by Gasteiger charge is -2.32. The van der Waals surface area contributed by atoms with Crippen molar-refractivity contribution in [3.05, 3.63) is 18.6 Å². The maximum Gasteiger partial charge on any atom is 0.142 e. The van der Waals surface area contributed by atoms with Gasteiger partial charge in [0.2, 0.25) is 0 Å². The lowest BCUT2D eigenvalue weighted by Crippen LogP contribution is -2.37. The van der Waals surface area contributed by atoms with Gasteiger partial charge >= 0.3 is 0 Å². The summed E-state index contributed by atoms with van der Waals surface area (Å²) in [6, 6.07) is 2.01. The monoisotopic (exact) mass is 347 g/mol. The maximum absolute atomic E-state index is 9.26. The molecular formula is C18H29N5O2. The number of hydrogen-bond acceptors (Lipinski definition) is 6. The average molecular weight is 347 g/mol. The first-order valence-electron chi connectivity index (χ1n) is 9.27. The average Bonchev–Trinajstić information content (AvgIpc) is 3.18. The molecule has 2 aliphatic heterocycles. The number of H-pyrrole nitrogens is 1. The molecule has 2 aromatic rings. The van der Waals surface area contributed by atoms with Gasteiger partial charge in [-0.1, -0.05) is 0 Å². The molecule has 2 unspecified atom stereocenters. The lowest BCUT2D eigenvalue weighted by molar-refractivity contribution is 0.199. The Labute approximate surface area is 148 Å². The molecule has 0 radical (unpaired) electrons. The Bertz CT molecular complexity index is 641. The molecule has 0 amide bonds. The van der Waals surface area contributed by atoms with Crippen LogP contribution in [0.15, 0.2) is 18.6 Å². The van der Waals surface area contributed by atoms with Crippen LogP contribution in [0.1, 0.15) is 25.7 Å². The van der Waals surface area contributed by atoms with Gasteiger partial charge in [-0.3, -0.25) is 0 Å². The summed E-state index contributed by atoms with van der Waals surface area (Å²) in [5.74, 6) is 1.88. The van der Waals surface area contributed by atoms with Gasteiger partial charge in [0, 0.05) is 39.0 Å². The van der Waals surface area contributed by atoms with Gasteiger partial charge in [-0.2, -0.15) is 0 Å². The number of fused-ring (bicyclic) bond motifs is 1. The van der Waals surface area contributed by atoms with E-state index in [1.54, 1.807) is 6.33 Å². The molecule has 25 heavy (non-hydrogen) atoms. The van der Waals surface area contributed by atoms with Crippen LogP contribution in [0.25, 0.3) is 11.0 Å². The first kappa shape index (κ1) is 18.1. The molecule has 0 aromatic carbocycles. The molecule has 2 aromatic heterocycles. The molecule has 7 heteroatoms. The molecule has 4 heterocycles. The van der Waals surface area contributed by atoms with E-state index in [4.69, 9.17) is 5.11 Å². The van der Waals surface area contributed by atoms with Gasteiger partial charge in [0.25, 0.3) is 0 Å². The molecule has 2 fully saturated rings. The van der Waals surface area contributed by atoms with E-state index < -0.39 is 0 Å². The molecule has 4 rings (SSSR count). The zero-order valence-corrected chi connectivity index (χ0v) is 14.7. The Kier molecular flexibility index (Phi) is 6.61. The highest BCUT2D eigenvalue weighted by Gasteiger charge is 2.21. The van der Waals surface area contributed by atoms with Gasteiger partial charge in [0.05, 0.1) is 5.39 Å². The molecule has 0 bridgehead atoms. The van der Waals surface area contributed by atoms with Crippen LogP contribution in [0.2, 0.25) is 0 Å². The normalized spacial score (nSPS) is 24.0. The third kappa shape index (κ3) is 4.68. The number of aromatic nitrogens is 3. The second-order valence-corrected chi connectivity index (χ2v) is 6.97. The fourth-order valence-corrected chi connectivity index (χ4v) is 3.60. The van der Waals surface area contributed by atoms with Crippen LogP contribution >= 0.6 is 0 Å². The molecule has 7 nitrogen and oxygen atoms in total. The Morgan fingerprint density at radius 3 is 2.68 bits per heavy atom. The van der Waals surface area contributed by atoms with Crippen LogP contribution in [-0.4, -0.2) is 64.6 Å². The zero-order valence-electron chi connectivity index (χ0n) is 14.7. The largest absolute Gasteiger partial charge is 0.396 e. The van der Waals surface area contributed by atoms with Crippen molar-refractivity contribution in [3.63, 3.8) is 0 Å². The second-order valence-electron chi connectivity index (χ2n) is 6.97. The first-order chi connectivity index (χ1) is 12.3. The highest BCUT2D eigenvalue weighted by atomic mass is 16.3. The third-order valence-electron chi connectivity index (χ3n) is 5.07. The van der Waals surface area contributed by atoms with Crippen LogP contribution in [-0.2, 0) is 0 Å². The minimum Gasteiger partial charge on any atom is -0.396 e. The maximum atomic E-state index is 9.26. The summed E-state index contributed by atoms with van der Waals surface area (Å²) in [4.78, 5) is 13.9. The fourth-order valence-electron chi connectivity index (χ4n) is 3.60. The van der Waals surface area contributed by atoms with E-state index in [1.807, 2.05) is 12.3 Å². The number of nitrogens with one attached hydrogen (secondary N) is 2. The van der Waals surface area contributed by atoms with Crippen molar-refractivity contribution in [2.75, 3.05) is 44.3 Å². The number of hydrogen-bond donors (Lipinski definition) is 4. The lowest BCUT2D eigenvalue weighted by atomic mass is 9.99. The zero-order chi connectivity index (χ0) is 17.5. The number of rotatable bonds is 3. The summed E-state index contributed by atoms with van der Waals surface area (Å²) >= 11 is 0. The van der Waals surface area contributed by atoms with Crippen LogP contribution in [0.3, 0.4) is 0 Å². The van der Waals surface area contributed by atoms with Crippen molar-refractivity contribution in [2.24, 2.45) is 11.8 Å². The number of aromatic amines is 1. The summed E-state index contributed by atoms with van der Waals surface area (Å²) in [6.45, 7) is 4.65. The Hall–Kier alpha value is -1.70. The molecule has 0 aliphatic carbocycles. The van der Waals surface area contributed by atoms with E-state index in [0.717, 1.165) is 55.9 Å². The second kappa shape index (κ2) is 9.12. The number of nitrogens with zero attached hydrogens (tertiary/aromatic N) is 3. The molecule has 0 saturated carbocycles. The predicted molar refractivity (Wildman–Crippen MR) is 98.6 cm³/mol. The van der Waals surface area contributed by atoms with Gasteiger partial charge in [-0.15, -0.1) is 0 Å². The molecule has 2 aliphatic rings. The van der Waals surface area contributed by atoms with Gasteiger partial charge in [-0.25, -0.2) is 9.97 Å². The Morgan fingerprint density at radius 1 is 1.12 bits per heavy atom. The van der Waals surface area contributed by atoms with Crippen molar-refractivity contribution in [3.8, 4) is 0 Å². The summed E-state index contributed by atoms with van der Waals surface area (Å²) in [6.07, 6.45) is 8.12. The number of aliphatic hydroxyl groups is 2. The van der Waals surface area contributed by atoms with Crippen molar-refractivity contribution in [1.29, 1.82) is 0 Å². The van der Waals surface area contributed by atoms with Crippen molar-refractivity contribution < 1.29 is 10.2 Å². The number of piperidine rings is 2. The van der Waals surface area contributed by atoms with Crippen molar-refractivity contribution in [2.45, 2.75) is 25.7 Å². The SMILES string of the molecule is OCC1CCCN(c2ncnc3[nH]ccc23)C1.OCC1CCCNC1. The molecular weight excluding hydrogens is 318 g/mol. The standard InChI is InChI=1S/C12H16N4O.C6H13NO/c17-7-9-2-1-5-16(6-9)12-10-3-4-13-11(10)14-8-15-12;8-5-6-2-1-3-7-4-6/h3-4,8-9,17H,1-2,5-7H2,(H,13,14,15);6-8H,1-5H2. The van der Waals surface area contributed by atoms with E-state index in [2.05, 4.69) is 25.2 Å². The van der Waals surface area contributed by atoms with E-state index in [0.29, 0.717) is 18.4 Å². The number of anilines is 1. The Morgan fingerprint density at radius 2 is 1.96 bits per heavy atom. The topological polar surface area (TPSA) is 97.3 Å². The van der Waals surface area contributed by atoms with Crippen LogP contribution in [0.5, 0.6) is 0 Å². The molecule has 0 spiro atoms. The van der Waals surface area contributed by atoms with Crippen molar-refractivity contribution >= 4 is 16.9 Å². The summed E-state index contributed by atoms with van der Waals surface area (Å²) in [7, 11) is 0. The summed E-state index contributed by atoms with van der Waals surface area (Å²) in [5, 5.41) is 22.2. The molecule has 2 saturated heterocycles. The van der Waals surface area contributed by atoms with Crippen LogP contribution in [0, 0.1) is 11.8 Å². The van der Waals surface area contributed by atoms with Gasteiger partial charge in [0.15, 0.2) is 0 Å². The molecule has 138 valence electrons. The highest BCUT2D eigenvalue weighted by Crippen LogP contribution is 2.26. The smallest absolute Gasteiger partial charge is 0.142 e. The van der Waals surface area contributed by atoms with Gasteiger partial charge in [0.1, 0.15) is 17.8 Å². The minimum atomic E-state index is 0.262. The van der Waals surface area contributed by atoms with E-state index in [-0.39, 0.29) is 6.61 Å². The molecule has 4 N–H and O–H groups in total. The van der Waals surface area contributed by atoms with Gasteiger partial charge < -0.3 is 25.4 Å². The predicted octanol–water partition coefficient (Wildman–Crippen LogP) is 1.14. The van der Waals surface area contributed by atoms with E-state index >= 15 is 0 Å².